The van der Waals surface area contributed by atoms with Crippen molar-refractivity contribution >= 4 is 23.6 Å². The Bertz CT molecular complexity index is 657. The third-order valence-electron chi connectivity index (χ3n) is 2.75. The summed E-state index contributed by atoms with van der Waals surface area (Å²) < 4.78 is 0. The largest absolute Gasteiger partial charge is 0.508 e. The molecule has 0 aliphatic carbocycles. The molecule has 1 N–H and O–H groups in total. The SMILES string of the molecule is O=C/C(=C/c1ccc([N+](=O)[O-])cc1)c1ccc(O)cc1. The number of carbonyl (C=O) groups excluding carboxylic acids is 1. The van der Waals surface area contributed by atoms with Crippen molar-refractivity contribution in [3.63, 3.8) is 0 Å². The van der Waals surface area contributed by atoms with E-state index in [2.05, 4.69) is 0 Å². The monoisotopic (exact) mass is 269 g/mol. The summed E-state index contributed by atoms with van der Waals surface area (Å²) in [5.74, 6) is 0.120. The quantitative estimate of drug-likeness (QED) is 0.304. The average Bonchev–Trinajstić information content (AvgIpc) is 2.46. The number of hydrogen-bond donors (Lipinski definition) is 1. The standard InChI is InChI=1S/C15H11NO4/c17-10-13(12-3-7-15(18)8-4-12)9-11-1-5-14(6-2-11)16(19)20/h1-10,18H/b13-9-. The molecule has 0 fully saturated rings. The van der Waals surface area contributed by atoms with Gasteiger partial charge in [0.05, 0.1) is 4.92 Å². The van der Waals surface area contributed by atoms with E-state index in [1.54, 1.807) is 30.3 Å². The first kappa shape index (κ1) is 13.5. The lowest BCUT2D eigenvalue weighted by molar-refractivity contribution is -0.384. The van der Waals surface area contributed by atoms with E-state index in [4.69, 9.17) is 0 Å². The fourth-order valence-corrected chi connectivity index (χ4v) is 1.71. The first-order valence-electron chi connectivity index (χ1n) is 5.81. The van der Waals surface area contributed by atoms with Crippen LogP contribution in [0.3, 0.4) is 0 Å². The molecule has 0 radical (unpaired) electrons. The Labute approximate surface area is 115 Å². The molecule has 0 bridgehead atoms. The molecule has 0 aliphatic heterocycles. The van der Waals surface area contributed by atoms with Gasteiger partial charge in [0.15, 0.2) is 6.29 Å². The third kappa shape index (κ3) is 3.08. The maximum absolute atomic E-state index is 11.1. The molecule has 5 heteroatoms. The van der Waals surface area contributed by atoms with Crippen molar-refractivity contribution in [3.05, 3.63) is 69.8 Å². The molecule has 2 aromatic carbocycles. The molecule has 0 spiro atoms. The van der Waals surface area contributed by atoms with Gasteiger partial charge in [-0.25, -0.2) is 0 Å². The fraction of sp³-hybridized carbons (Fsp3) is 0. The van der Waals surface area contributed by atoms with E-state index in [0.29, 0.717) is 23.0 Å². The number of aldehydes is 1. The number of benzene rings is 2. The number of aromatic hydroxyl groups is 1. The van der Waals surface area contributed by atoms with Gasteiger partial charge in [0.1, 0.15) is 5.75 Å². The molecule has 100 valence electrons. The van der Waals surface area contributed by atoms with Gasteiger partial charge < -0.3 is 5.11 Å². The highest BCUT2D eigenvalue weighted by Gasteiger charge is 2.04. The van der Waals surface area contributed by atoms with Crippen LogP contribution in [0.4, 0.5) is 5.69 Å². The van der Waals surface area contributed by atoms with Crippen LogP contribution in [0.15, 0.2) is 48.5 Å². The molecule has 2 aromatic rings. The van der Waals surface area contributed by atoms with Crippen molar-refractivity contribution in [2.75, 3.05) is 0 Å². The topological polar surface area (TPSA) is 80.4 Å². The maximum atomic E-state index is 11.1. The average molecular weight is 269 g/mol. The lowest BCUT2D eigenvalue weighted by Gasteiger charge is -2.01. The van der Waals surface area contributed by atoms with Crippen molar-refractivity contribution in [1.29, 1.82) is 0 Å². The van der Waals surface area contributed by atoms with Crippen LogP contribution in [0.5, 0.6) is 5.75 Å². The number of non-ortho nitro benzene ring substituents is 1. The second-order valence-corrected chi connectivity index (χ2v) is 4.11. The second-order valence-electron chi connectivity index (χ2n) is 4.11. The molecule has 5 nitrogen and oxygen atoms in total. The molecular weight excluding hydrogens is 258 g/mol. The summed E-state index contributed by atoms with van der Waals surface area (Å²) in [4.78, 5) is 21.2. The Morgan fingerprint density at radius 2 is 1.65 bits per heavy atom. The van der Waals surface area contributed by atoms with Crippen LogP contribution in [0.25, 0.3) is 11.6 Å². The van der Waals surface area contributed by atoms with Gasteiger partial charge in [0.25, 0.3) is 5.69 Å². The smallest absolute Gasteiger partial charge is 0.269 e. The summed E-state index contributed by atoms with van der Waals surface area (Å²) in [6.07, 6.45) is 2.33. The van der Waals surface area contributed by atoms with Crippen LogP contribution in [-0.4, -0.2) is 16.3 Å². The van der Waals surface area contributed by atoms with Gasteiger partial charge in [-0.3, -0.25) is 14.9 Å². The van der Waals surface area contributed by atoms with Crippen LogP contribution < -0.4 is 0 Å². The number of hydrogen-bond acceptors (Lipinski definition) is 4. The van der Waals surface area contributed by atoms with E-state index in [0.717, 1.165) is 0 Å². The van der Waals surface area contributed by atoms with Crippen LogP contribution in [0, 0.1) is 10.1 Å². The number of allylic oxidation sites excluding steroid dienone is 1. The lowest BCUT2D eigenvalue weighted by atomic mass is 10.0. The highest BCUT2D eigenvalue weighted by molar-refractivity contribution is 6.13. The normalized spacial score (nSPS) is 11.1. The number of nitro groups is 1. The number of phenols is 1. The van der Waals surface area contributed by atoms with Crippen molar-refractivity contribution in [1.82, 2.24) is 0 Å². The minimum absolute atomic E-state index is 0.000522. The molecule has 0 aliphatic rings. The molecule has 0 saturated carbocycles. The molecule has 20 heavy (non-hydrogen) atoms. The molecule has 2 rings (SSSR count). The third-order valence-corrected chi connectivity index (χ3v) is 2.75. The van der Waals surface area contributed by atoms with Gasteiger partial charge >= 0.3 is 0 Å². The number of nitrogens with zero attached hydrogens (tertiary/aromatic N) is 1. The Balaban J connectivity index is 2.33. The first-order chi connectivity index (χ1) is 9.60. The molecular formula is C15H11NO4. The molecule has 0 saturated heterocycles. The van der Waals surface area contributed by atoms with E-state index in [1.165, 1.54) is 24.3 Å². The number of phenolic OH excluding ortho intramolecular Hbond substituents is 1. The lowest BCUT2D eigenvalue weighted by Crippen LogP contribution is -1.88. The summed E-state index contributed by atoms with van der Waals surface area (Å²) in [6.45, 7) is 0. The van der Waals surface area contributed by atoms with Crippen molar-refractivity contribution in [3.8, 4) is 5.75 Å². The fourth-order valence-electron chi connectivity index (χ4n) is 1.71. The van der Waals surface area contributed by atoms with Crippen LogP contribution in [-0.2, 0) is 4.79 Å². The first-order valence-corrected chi connectivity index (χ1v) is 5.81. The zero-order valence-corrected chi connectivity index (χ0v) is 10.4. The maximum Gasteiger partial charge on any atom is 0.269 e. The van der Waals surface area contributed by atoms with Gasteiger partial charge in [-0.1, -0.05) is 12.1 Å². The molecule has 0 heterocycles. The van der Waals surface area contributed by atoms with Gasteiger partial charge in [-0.2, -0.15) is 0 Å². The Morgan fingerprint density at radius 1 is 1.05 bits per heavy atom. The summed E-state index contributed by atoms with van der Waals surface area (Å²) in [5, 5.41) is 19.8. The second kappa shape index (κ2) is 5.79. The molecule has 0 unspecified atom stereocenters. The number of nitro benzene ring substituents is 1. The highest BCUT2D eigenvalue weighted by atomic mass is 16.6. The minimum Gasteiger partial charge on any atom is -0.508 e. The number of carbonyl (C=O) groups is 1. The van der Waals surface area contributed by atoms with Gasteiger partial charge in [0.2, 0.25) is 0 Å². The molecule has 0 atom stereocenters. The zero-order chi connectivity index (χ0) is 14.5. The number of rotatable bonds is 4. The van der Waals surface area contributed by atoms with E-state index < -0.39 is 4.92 Å². The summed E-state index contributed by atoms with van der Waals surface area (Å²) in [7, 11) is 0. The van der Waals surface area contributed by atoms with Gasteiger partial charge in [0, 0.05) is 17.7 Å². The predicted molar refractivity (Wildman–Crippen MR) is 75.1 cm³/mol. The highest BCUT2D eigenvalue weighted by Crippen LogP contribution is 2.20. The zero-order valence-electron chi connectivity index (χ0n) is 10.4. The van der Waals surface area contributed by atoms with Crippen molar-refractivity contribution in [2.24, 2.45) is 0 Å². The van der Waals surface area contributed by atoms with Gasteiger partial charge in [-0.05, 0) is 41.5 Å². The van der Waals surface area contributed by atoms with Gasteiger partial charge in [-0.15, -0.1) is 0 Å². The van der Waals surface area contributed by atoms with E-state index in [9.17, 15) is 20.0 Å². The minimum atomic E-state index is -0.478. The summed E-state index contributed by atoms with van der Waals surface area (Å²) in [5.41, 5.74) is 1.78. The van der Waals surface area contributed by atoms with E-state index in [-0.39, 0.29) is 11.4 Å². The summed E-state index contributed by atoms with van der Waals surface area (Å²) >= 11 is 0. The van der Waals surface area contributed by atoms with Crippen molar-refractivity contribution < 1.29 is 14.8 Å². The molecule has 0 aromatic heterocycles. The van der Waals surface area contributed by atoms with Crippen molar-refractivity contribution in [2.45, 2.75) is 0 Å². The Morgan fingerprint density at radius 3 is 2.15 bits per heavy atom. The Hall–Kier alpha value is -2.95. The predicted octanol–water partition coefficient (Wildman–Crippen LogP) is 3.04. The Kier molecular flexibility index (Phi) is 3.91. The van der Waals surface area contributed by atoms with E-state index in [1.807, 2.05) is 0 Å². The summed E-state index contributed by atoms with van der Waals surface area (Å²) in [6, 6.07) is 12.1. The van der Waals surface area contributed by atoms with Crippen LogP contribution in [0.1, 0.15) is 11.1 Å². The van der Waals surface area contributed by atoms with E-state index >= 15 is 0 Å². The van der Waals surface area contributed by atoms with Crippen LogP contribution in [0.2, 0.25) is 0 Å². The molecule has 0 amide bonds. The van der Waals surface area contributed by atoms with Crippen LogP contribution >= 0.6 is 0 Å².